The summed E-state index contributed by atoms with van der Waals surface area (Å²) in [6.07, 6.45) is 0. The number of rotatable bonds is 8. The van der Waals surface area contributed by atoms with Crippen LogP contribution in [0, 0.1) is 0 Å². The van der Waals surface area contributed by atoms with Crippen molar-refractivity contribution >= 4 is 83.7 Å². The van der Waals surface area contributed by atoms with Crippen molar-refractivity contribution in [2.75, 3.05) is 21.7 Å². The predicted molar refractivity (Wildman–Crippen MR) is 171 cm³/mol. The second kappa shape index (κ2) is 11.7. The van der Waals surface area contributed by atoms with Crippen molar-refractivity contribution in [3.05, 3.63) is 106 Å². The zero-order valence-corrected chi connectivity index (χ0v) is 25.9. The minimum atomic E-state index is -4.90. The highest BCUT2D eigenvalue weighted by atomic mass is 35.5. The number of aromatic nitrogens is 3. The number of hydrogen-bond acceptors (Lipinski definition) is 13. The first-order valence-electron chi connectivity index (χ1n) is 13.2. The fourth-order valence-electron chi connectivity index (χ4n) is 4.92. The summed E-state index contributed by atoms with van der Waals surface area (Å²) in [6.45, 7) is 0. The topological polar surface area (TPSA) is 244 Å². The van der Waals surface area contributed by atoms with Crippen LogP contribution in [0.5, 0.6) is 0 Å². The Morgan fingerprint density at radius 1 is 0.617 bits per heavy atom. The van der Waals surface area contributed by atoms with Gasteiger partial charge < -0.3 is 21.7 Å². The van der Waals surface area contributed by atoms with Crippen LogP contribution in [0.15, 0.2) is 88.7 Å². The van der Waals surface area contributed by atoms with Gasteiger partial charge >= 0.3 is 0 Å². The molecule has 4 aromatic carbocycles. The molecule has 1 aromatic heterocycles. The maximum atomic E-state index is 13.5. The van der Waals surface area contributed by atoms with Crippen molar-refractivity contribution in [1.82, 2.24) is 15.0 Å². The summed E-state index contributed by atoms with van der Waals surface area (Å²) in [4.78, 5) is 37.6. The largest absolute Gasteiger partial charge is 0.398 e. The number of nitrogens with zero attached hydrogens (tertiary/aromatic N) is 3. The Bertz CT molecular complexity index is 2370. The molecule has 1 heterocycles. The molecule has 0 amide bonds. The first-order chi connectivity index (χ1) is 22.2. The first kappa shape index (κ1) is 31.5. The molecule has 238 valence electrons. The molecular weight excluding hydrogens is 674 g/mol. The highest BCUT2D eigenvalue weighted by Gasteiger charge is 2.33. The van der Waals surface area contributed by atoms with Crippen molar-refractivity contribution in [2.24, 2.45) is 0 Å². The number of carbonyl (C=O) groups is 2. The van der Waals surface area contributed by atoms with E-state index in [4.69, 9.17) is 17.3 Å². The zero-order chi connectivity index (χ0) is 33.7. The van der Waals surface area contributed by atoms with E-state index in [9.17, 15) is 35.5 Å². The lowest BCUT2D eigenvalue weighted by molar-refractivity contribution is 0.0980. The molecule has 0 atom stereocenters. The molecule has 6 rings (SSSR count). The van der Waals surface area contributed by atoms with Crippen molar-refractivity contribution in [1.29, 1.82) is 0 Å². The van der Waals surface area contributed by atoms with Crippen molar-refractivity contribution in [3.63, 3.8) is 0 Å². The molecule has 0 saturated heterocycles. The third-order valence-electron chi connectivity index (χ3n) is 6.91. The summed E-state index contributed by atoms with van der Waals surface area (Å²) in [5.41, 5.74) is 6.27. The molecule has 0 fully saturated rings. The van der Waals surface area contributed by atoms with E-state index in [1.165, 1.54) is 54.6 Å². The standard InChI is InChI=1S/C29H20ClN7O8S2/c30-27-35-28(37-29(36-27)34-18-7-3-4-8-21(18)46(40,41)42)32-14-9-11-19(22(13-14)47(43,44)45)33-20-12-10-17(31)23-24(20)26(39)16-6-2-1-5-15(16)25(23)38/h1-13,33H,31H2,(H,40,41,42)(H,43,44,45)(H2,32,34,35,36,37). The van der Waals surface area contributed by atoms with Gasteiger partial charge in [-0.05, 0) is 54.1 Å². The average Bonchev–Trinajstić information content (AvgIpc) is 3.00. The van der Waals surface area contributed by atoms with Crippen LogP contribution in [0.2, 0.25) is 5.28 Å². The van der Waals surface area contributed by atoms with Crippen LogP contribution in [-0.2, 0) is 20.2 Å². The van der Waals surface area contributed by atoms with Crippen molar-refractivity contribution in [2.45, 2.75) is 9.79 Å². The first-order valence-corrected chi connectivity index (χ1v) is 16.5. The molecule has 0 saturated carbocycles. The van der Waals surface area contributed by atoms with Gasteiger partial charge in [-0.25, -0.2) is 0 Å². The van der Waals surface area contributed by atoms with Crippen LogP contribution >= 0.6 is 11.6 Å². The number of carbonyl (C=O) groups excluding carboxylic acids is 2. The second-order valence-electron chi connectivity index (χ2n) is 9.94. The van der Waals surface area contributed by atoms with E-state index in [0.29, 0.717) is 0 Å². The van der Waals surface area contributed by atoms with Gasteiger partial charge in [0.05, 0.1) is 28.2 Å². The monoisotopic (exact) mass is 693 g/mol. The van der Waals surface area contributed by atoms with Gasteiger partial charge in [0.1, 0.15) is 9.79 Å². The molecule has 0 aliphatic heterocycles. The molecule has 18 heteroatoms. The summed E-state index contributed by atoms with van der Waals surface area (Å²) >= 11 is 6.04. The minimum Gasteiger partial charge on any atom is -0.398 e. The number of nitrogens with one attached hydrogen (secondary N) is 3. The van der Waals surface area contributed by atoms with Crippen LogP contribution in [0.3, 0.4) is 0 Å². The van der Waals surface area contributed by atoms with Crippen molar-refractivity contribution < 1.29 is 35.5 Å². The van der Waals surface area contributed by atoms with Gasteiger partial charge in [0.25, 0.3) is 20.2 Å². The van der Waals surface area contributed by atoms with Gasteiger partial charge in [-0.15, -0.1) is 0 Å². The number of halogens is 1. The van der Waals surface area contributed by atoms with Gasteiger partial charge in [0.2, 0.25) is 17.2 Å². The highest BCUT2D eigenvalue weighted by molar-refractivity contribution is 7.86. The Morgan fingerprint density at radius 3 is 1.83 bits per heavy atom. The Kier molecular flexibility index (Phi) is 7.86. The van der Waals surface area contributed by atoms with Gasteiger partial charge in [0.15, 0.2) is 11.6 Å². The van der Waals surface area contributed by atoms with Crippen LogP contribution < -0.4 is 21.7 Å². The summed E-state index contributed by atoms with van der Waals surface area (Å²) in [5.74, 6) is -1.43. The molecule has 5 aromatic rings. The molecule has 7 N–H and O–H groups in total. The van der Waals surface area contributed by atoms with Crippen LogP contribution in [0.1, 0.15) is 31.8 Å². The average molecular weight is 694 g/mol. The Morgan fingerprint density at radius 2 is 1.17 bits per heavy atom. The van der Waals surface area contributed by atoms with E-state index < -0.39 is 41.6 Å². The third-order valence-corrected chi connectivity index (χ3v) is 8.89. The number of nitrogens with two attached hydrogens (primary N) is 1. The lowest BCUT2D eigenvalue weighted by Gasteiger charge is -2.22. The fraction of sp³-hybridized carbons (Fsp3) is 0. The van der Waals surface area contributed by atoms with Gasteiger partial charge in [-0.1, -0.05) is 36.4 Å². The SMILES string of the molecule is Nc1ccc(Nc2ccc(Nc3nc(Cl)nc(Nc4ccccc4S(=O)(=O)O)n3)cc2S(=O)(=O)O)c2c1C(=O)c1ccccc1C2=O. The van der Waals surface area contributed by atoms with E-state index in [1.54, 1.807) is 12.1 Å². The Labute approximate surface area is 271 Å². The van der Waals surface area contributed by atoms with Gasteiger partial charge in [-0.2, -0.15) is 31.8 Å². The number of fused-ring (bicyclic) bond motifs is 2. The quantitative estimate of drug-likeness (QED) is 0.0941. The summed E-state index contributed by atoms with van der Waals surface area (Å²) < 4.78 is 68.1. The Hall–Kier alpha value is -5.46. The molecule has 0 radical (unpaired) electrons. The normalized spacial score (nSPS) is 12.7. The lowest BCUT2D eigenvalue weighted by Crippen LogP contribution is -2.23. The van der Waals surface area contributed by atoms with Gasteiger partial charge in [0, 0.05) is 22.5 Å². The minimum absolute atomic E-state index is 0.0410. The van der Waals surface area contributed by atoms with E-state index >= 15 is 0 Å². The van der Waals surface area contributed by atoms with Crippen molar-refractivity contribution in [3.8, 4) is 0 Å². The van der Waals surface area contributed by atoms with E-state index in [-0.39, 0.29) is 67.9 Å². The summed E-state index contributed by atoms with van der Waals surface area (Å²) in [6, 6.07) is 18.1. The highest BCUT2D eigenvalue weighted by Crippen LogP contribution is 2.38. The van der Waals surface area contributed by atoms with E-state index in [1.807, 2.05) is 0 Å². The van der Waals surface area contributed by atoms with E-state index in [0.717, 1.165) is 12.1 Å². The maximum absolute atomic E-state index is 13.5. The Balaban J connectivity index is 1.34. The summed E-state index contributed by atoms with van der Waals surface area (Å²) in [5, 5.41) is 7.85. The molecule has 0 unspecified atom stereocenters. The predicted octanol–water partition coefficient (Wildman–Crippen LogP) is 4.61. The summed E-state index contributed by atoms with van der Waals surface area (Å²) in [7, 11) is -9.50. The molecule has 47 heavy (non-hydrogen) atoms. The molecular formula is C29H20ClN7O8S2. The molecule has 1 aliphatic rings. The lowest BCUT2D eigenvalue weighted by atomic mass is 9.82. The third kappa shape index (κ3) is 6.20. The number of anilines is 7. The molecule has 15 nitrogen and oxygen atoms in total. The van der Waals surface area contributed by atoms with Gasteiger partial charge in [-0.3, -0.25) is 18.7 Å². The maximum Gasteiger partial charge on any atom is 0.296 e. The number of hydrogen-bond donors (Lipinski definition) is 6. The van der Waals surface area contributed by atoms with Crippen LogP contribution in [0.4, 0.5) is 40.3 Å². The fourth-order valence-corrected chi connectivity index (χ4v) is 6.40. The number of ketones is 2. The zero-order valence-electron chi connectivity index (χ0n) is 23.5. The number of benzene rings is 4. The number of para-hydroxylation sites is 1. The van der Waals surface area contributed by atoms with Crippen LogP contribution in [-0.4, -0.2) is 52.5 Å². The molecule has 0 bridgehead atoms. The number of nitrogen functional groups attached to an aromatic ring is 1. The molecule has 1 aliphatic carbocycles. The van der Waals surface area contributed by atoms with E-state index in [2.05, 4.69) is 30.9 Å². The second-order valence-corrected chi connectivity index (χ2v) is 13.1. The molecule has 0 spiro atoms. The van der Waals surface area contributed by atoms with Crippen LogP contribution in [0.25, 0.3) is 0 Å². The smallest absolute Gasteiger partial charge is 0.296 e.